The predicted molar refractivity (Wildman–Crippen MR) is 386 cm³/mol. The van der Waals surface area contributed by atoms with Gasteiger partial charge < -0.3 is 19.6 Å². The van der Waals surface area contributed by atoms with Gasteiger partial charge in [0, 0.05) is 67.2 Å². The van der Waals surface area contributed by atoms with E-state index in [0.717, 1.165) is 25.7 Å². The van der Waals surface area contributed by atoms with Crippen LogP contribution in [-0.2, 0) is 21.7 Å². The Bertz CT molecular complexity index is 4540. The largest absolute Gasteiger partial charge is 0.334 e. The first-order valence-electron chi connectivity index (χ1n) is 34.3. The minimum absolute atomic E-state index is 0.00400. The van der Waals surface area contributed by atoms with E-state index in [2.05, 4.69) is 306 Å². The summed E-state index contributed by atoms with van der Waals surface area (Å²) in [6.07, 6.45) is 9.33. The topological polar surface area (TPSA) is 13.0 Å². The second kappa shape index (κ2) is 17.5. The van der Waals surface area contributed by atoms with Crippen LogP contribution in [-0.4, -0.2) is 22.2 Å². The molecule has 0 bridgehead atoms. The van der Waals surface area contributed by atoms with Crippen LogP contribution in [0.2, 0.25) is 0 Å². The Morgan fingerprint density at radius 2 is 0.446 bits per heavy atom. The highest BCUT2D eigenvalue weighted by molar-refractivity contribution is 6.32. The van der Waals surface area contributed by atoms with E-state index in [-0.39, 0.29) is 43.8 Å². The number of hydrogen-bond donors (Lipinski definition) is 0. The van der Waals surface area contributed by atoms with Gasteiger partial charge in [0.2, 0.25) is 0 Å². The smallest absolute Gasteiger partial charge is 0.0518 e. The molecule has 4 heterocycles. The first-order chi connectivity index (χ1) is 44.5. The second-order valence-electron chi connectivity index (χ2n) is 31.1. The highest BCUT2D eigenvalue weighted by Crippen LogP contribution is 2.70. The Kier molecular flexibility index (Phi) is 10.2. The molecule has 0 radical (unpaired) electrons. The molecule has 0 spiro atoms. The average Bonchev–Trinajstić information content (AvgIpc) is 1.62. The van der Waals surface area contributed by atoms with Crippen molar-refractivity contribution in [2.45, 2.75) is 151 Å². The molecule has 450 valence electrons. The lowest BCUT2D eigenvalue weighted by Crippen LogP contribution is -2.60. The number of nitrogens with zero attached hydrogens (tertiary/aromatic N) is 4. The van der Waals surface area contributed by atoms with Crippen molar-refractivity contribution in [2.75, 3.05) is 19.6 Å². The molecule has 4 saturated carbocycles. The maximum absolute atomic E-state index is 2.68. The summed E-state index contributed by atoms with van der Waals surface area (Å²) in [4.78, 5) is 10.7. The van der Waals surface area contributed by atoms with Crippen LogP contribution in [0.5, 0.6) is 0 Å². The minimum Gasteiger partial charge on any atom is -0.334 e. The third-order valence-corrected chi connectivity index (χ3v) is 27.7. The molecule has 4 heteroatoms. The fraction of sp³-hybridized carbons (Fsp3) is 0.273. The number of anilines is 8. The Morgan fingerprint density at radius 1 is 0.228 bits per heavy atom. The van der Waals surface area contributed by atoms with Crippen LogP contribution in [0.1, 0.15) is 129 Å². The molecule has 0 amide bonds. The van der Waals surface area contributed by atoms with Crippen LogP contribution >= 0.6 is 0 Å². The van der Waals surface area contributed by atoms with Crippen molar-refractivity contribution in [1.82, 2.24) is 0 Å². The molecule has 20 rings (SSSR count). The Labute approximate surface area is 542 Å². The van der Waals surface area contributed by atoms with Crippen molar-refractivity contribution in [3.05, 3.63) is 253 Å². The normalized spacial score (nSPS) is 29.0. The first kappa shape index (κ1) is 53.5. The lowest BCUT2D eigenvalue weighted by molar-refractivity contribution is 0.133. The molecule has 8 unspecified atom stereocenters. The highest BCUT2D eigenvalue weighted by Gasteiger charge is 2.66. The van der Waals surface area contributed by atoms with Gasteiger partial charge in [0.25, 0.3) is 0 Å². The van der Waals surface area contributed by atoms with Gasteiger partial charge in [-0.1, -0.05) is 149 Å². The summed E-state index contributed by atoms with van der Waals surface area (Å²) in [6.45, 7) is 20.3. The van der Waals surface area contributed by atoms with E-state index in [9.17, 15) is 0 Å². The molecule has 0 saturated heterocycles. The molecule has 8 atom stereocenters. The standard InChI is InChI=1S/C88H78N4/c1-81-41-45-85(81,5)89(59-21-13-9-14-22-59)75-37-29-55(49-71(75)81)67-53-68(56-30-38-76-72(50-56)82(2)42-46-86(82,6)90(76)60-23-15-10-16-24-60)64-35-36-66-70(58-32-40-78-74(52-58)84(4)44-48-88(84,8)92(78)62-27-19-12-20-28-62)54-69(65-34-33-63(67)79(64)80(65)66)57-31-39-77-73(51-57)83(3)43-47-87(83,7)91(77)61-25-17-11-18-26-61/h9-40,49-54H,41-48H2,1-8H3. The molecular formula is C88H78N4. The number of hydrogen-bond acceptors (Lipinski definition) is 4. The quantitative estimate of drug-likeness (QED) is 0.141. The molecule has 12 aromatic carbocycles. The van der Waals surface area contributed by atoms with Crippen LogP contribution in [0, 0.1) is 0 Å². The van der Waals surface area contributed by atoms with Crippen LogP contribution in [0.4, 0.5) is 45.5 Å². The molecule has 4 aliphatic heterocycles. The van der Waals surface area contributed by atoms with E-state index in [0.29, 0.717) is 0 Å². The summed E-state index contributed by atoms with van der Waals surface area (Å²) in [6, 6.07) is 90.3. The van der Waals surface area contributed by atoms with E-state index in [4.69, 9.17) is 0 Å². The van der Waals surface area contributed by atoms with E-state index in [1.54, 1.807) is 0 Å². The van der Waals surface area contributed by atoms with Crippen molar-refractivity contribution in [3.63, 3.8) is 0 Å². The lowest BCUT2D eigenvalue weighted by Gasteiger charge is -2.56. The summed E-state index contributed by atoms with van der Waals surface area (Å²) in [5.74, 6) is 0. The van der Waals surface area contributed by atoms with Crippen LogP contribution in [0.25, 0.3) is 76.8 Å². The van der Waals surface area contributed by atoms with Gasteiger partial charge in [-0.2, -0.15) is 0 Å². The first-order valence-corrected chi connectivity index (χ1v) is 34.3. The van der Waals surface area contributed by atoms with Gasteiger partial charge >= 0.3 is 0 Å². The van der Waals surface area contributed by atoms with Gasteiger partial charge in [-0.3, -0.25) is 0 Å². The molecule has 0 aromatic heterocycles. The molecule has 4 nitrogen and oxygen atoms in total. The van der Waals surface area contributed by atoms with Gasteiger partial charge in [-0.25, -0.2) is 0 Å². The maximum atomic E-state index is 2.68. The molecule has 4 aliphatic carbocycles. The van der Waals surface area contributed by atoms with Crippen LogP contribution in [0.15, 0.2) is 231 Å². The molecular weight excluding hydrogens is 1110 g/mol. The van der Waals surface area contributed by atoms with Gasteiger partial charge in [0.15, 0.2) is 0 Å². The Balaban J connectivity index is 0.862. The molecule has 4 fully saturated rings. The summed E-state index contributed by atoms with van der Waals surface area (Å²) >= 11 is 0. The fourth-order valence-corrected chi connectivity index (χ4v) is 21.0. The maximum Gasteiger partial charge on any atom is 0.0518 e. The zero-order chi connectivity index (χ0) is 61.8. The van der Waals surface area contributed by atoms with Crippen molar-refractivity contribution < 1.29 is 0 Å². The average molecular weight is 1190 g/mol. The van der Waals surface area contributed by atoms with Gasteiger partial charge in [-0.15, -0.1) is 0 Å². The van der Waals surface area contributed by atoms with E-state index in [1.807, 2.05) is 0 Å². The number of para-hydroxylation sites is 4. The van der Waals surface area contributed by atoms with E-state index >= 15 is 0 Å². The summed E-state index contributed by atoms with van der Waals surface area (Å²) in [5, 5.41) is 7.98. The van der Waals surface area contributed by atoms with Gasteiger partial charge in [0.1, 0.15) is 0 Å². The predicted octanol–water partition coefficient (Wildman–Crippen LogP) is 23.1. The van der Waals surface area contributed by atoms with Gasteiger partial charge in [-0.05, 0) is 287 Å². The summed E-state index contributed by atoms with van der Waals surface area (Å²) in [5.41, 5.74) is 26.7. The van der Waals surface area contributed by atoms with E-state index in [1.165, 1.54) is 170 Å². The van der Waals surface area contributed by atoms with Crippen molar-refractivity contribution >= 4 is 77.8 Å². The monoisotopic (exact) mass is 1190 g/mol. The van der Waals surface area contributed by atoms with Crippen LogP contribution in [0.3, 0.4) is 0 Å². The molecule has 8 aliphatic rings. The van der Waals surface area contributed by atoms with Crippen molar-refractivity contribution in [2.24, 2.45) is 0 Å². The van der Waals surface area contributed by atoms with Crippen LogP contribution < -0.4 is 19.6 Å². The second-order valence-corrected chi connectivity index (χ2v) is 31.1. The summed E-state index contributed by atoms with van der Waals surface area (Å²) in [7, 11) is 0. The third kappa shape index (κ3) is 6.18. The van der Waals surface area contributed by atoms with Crippen molar-refractivity contribution in [1.29, 1.82) is 0 Å². The van der Waals surface area contributed by atoms with Crippen molar-refractivity contribution in [3.8, 4) is 44.5 Å². The zero-order valence-corrected chi connectivity index (χ0v) is 54.4. The number of benzene rings is 12. The van der Waals surface area contributed by atoms with E-state index < -0.39 is 0 Å². The molecule has 92 heavy (non-hydrogen) atoms. The highest BCUT2D eigenvalue weighted by atomic mass is 15.3. The number of fused-ring (bicyclic) bond motifs is 12. The minimum atomic E-state index is -0.0156. The SMILES string of the molecule is CC12CCC1(C)N(c1ccccc1)c1ccc(-c3cc(-c4ccc5c(c4)C4(C)CCC4(C)N5c4ccccc4)c4ccc5c(-c6ccc7c(c6)C6(C)CCC6(C)N7c6ccccc6)cc(-c6ccc7c(c6)C6(C)CCC6(C)N7c6ccccc6)c6ccc3c4c65)cc12. The third-order valence-electron chi connectivity index (χ3n) is 27.7. The fourth-order valence-electron chi connectivity index (χ4n) is 21.0. The molecule has 12 aromatic rings. The number of rotatable bonds is 8. The lowest BCUT2D eigenvalue weighted by atomic mass is 9.55. The Hall–Kier alpha value is -9.12. The molecule has 0 N–H and O–H groups in total. The zero-order valence-electron chi connectivity index (χ0n) is 54.4. The summed E-state index contributed by atoms with van der Waals surface area (Å²) < 4.78 is 0. The van der Waals surface area contributed by atoms with Gasteiger partial charge in [0.05, 0.1) is 22.2 Å². The Morgan fingerprint density at radius 3 is 0.641 bits per heavy atom.